The molecule has 3 aromatic rings. The first-order valence-electron chi connectivity index (χ1n) is 11.2. The first-order valence-corrected chi connectivity index (χ1v) is 12.1. The molecule has 1 amide bonds. The number of morpholine rings is 1. The van der Waals surface area contributed by atoms with E-state index < -0.39 is 0 Å². The van der Waals surface area contributed by atoms with Gasteiger partial charge in [-0.2, -0.15) is 0 Å². The third kappa shape index (κ3) is 5.07. The van der Waals surface area contributed by atoms with Crippen LogP contribution >= 0.6 is 11.8 Å². The molecule has 7 nitrogen and oxygen atoms in total. The number of carbonyl (C=O) groups excluding carboxylic acids is 1. The lowest BCUT2D eigenvalue weighted by Crippen LogP contribution is -2.44. The van der Waals surface area contributed by atoms with Crippen LogP contribution in [0.1, 0.15) is 32.3 Å². The van der Waals surface area contributed by atoms with Crippen LogP contribution in [-0.2, 0) is 9.53 Å². The maximum Gasteiger partial charge on any atom is 0.236 e. The normalized spacial score (nSPS) is 15.0. The maximum absolute atomic E-state index is 13.1. The molecular weight excluding hydrogens is 436 g/mol. The highest BCUT2D eigenvalue weighted by molar-refractivity contribution is 8.00. The van der Waals surface area contributed by atoms with Gasteiger partial charge in [0.1, 0.15) is 5.75 Å². The fraction of sp³-hybridized carbons (Fsp3) is 0.400. The molecular formula is C25H30N4O3S. The van der Waals surface area contributed by atoms with E-state index in [0.717, 1.165) is 22.8 Å². The Bertz CT molecular complexity index is 1090. The highest BCUT2D eigenvalue weighted by Crippen LogP contribution is 2.34. The number of amides is 1. The van der Waals surface area contributed by atoms with Crippen molar-refractivity contribution in [1.82, 2.24) is 19.7 Å². The molecule has 2 heterocycles. The zero-order valence-corrected chi connectivity index (χ0v) is 20.3. The molecule has 0 spiro atoms. The number of ether oxygens (including phenoxy) is 2. The lowest BCUT2D eigenvalue weighted by atomic mass is 10.0. The van der Waals surface area contributed by atoms with Gasteiger partial charge in [-0.1, -0.05) is 43.8 Å². The summed E-state index contributed by atoms with van der Waals surface area (Å²) in [5.41, 5.74) is 3.15. The molecule has 0 aliphatic carbocycles. The minimum absolute atomic E-state index is 0.0981. The molecule has 33 heavy (non-hydrogen) atoms. The summed E-state index contributed by atoms with van der Waals surface area (Å²) in [6, 6.07) is 16.1. The van der Waals surface area contributed by atoms with Gasteiger partial charge in [0, 0.05) is 18.7 Å². The minimum Gasteiger partial charge on any atom is -0.497 e. The van der Waals surface area contributed by atoms with Crippen molar-refractivity contribution >= 4 is 17.7 Å². The van der Waals surface area contributed by atoms with Crippen molar-refractivity contribution in [3.8, 4) is 22.8 Å². The van der Waals surface area contributed by atoms with E-state index in [4.69, 9.17) is 9.47 Å². The summed E-state index contributed by atoms with van der Waals surface area (Å²) in [4.78, 5) is 14.9. The second kappa shape index (κ2) is 10.4. The summed E-state index contributed by atoms with van der Waals surface area (Å²) in [5.74, 6) is 1.93. The van der Waals surface area contributed by atoms with Crippen molar-refractivity contribution in [3.05, 3.63) is 54.1 Å². The molecule has 4 rings (SSSR count). The Morgan fingerprint density at radius 3 is 2.39 bits per heavy atom. The van der Waals surface area contributed by atoms with Crippen LogP contribution in [0, 0.1) is 0 Å². The van der Waals surface area contributed by atoms with E-state index in [1.807, 2.05) is 48.2 Å². The van der Waals surface area contributed by atoms with Gasteiger partial charge in [-0.3, -0.25) is 9.36 Å². The van der Waals surface area contributed by atoms with Crippen LogP contribution in [0.5, 0.6) is 5.75 Å². The molecule has 1 saturated heterocycles. The van der Waals surface area contributed by atoms with Crippen molar-refractivity contribution in [2.24, 2.45) is 0 Å². The van der Waals surface area contributed by atoms with Gasteiger partial charge in [0.25, 0.3) is 0 Å². The van der Waals surface area contributed by atoms with Gasteiger partial charge < -0.3 is 14.4 Å². The van der Waals surface area contributed by atoms with Crippen LogP contribution in [0.25, 0.3) is 17.1 Å². The van der Waals surface area contributed by atoms with Crippen molar-refractivity contribution in [2.45, 2.75) is 37.1 Å². The van der Waals surface area contributed by atoms with Crippen molar-refractivity contribution < 1.29 is 14.3 Å². The highest BCUT2D eigenvalue weighted by atomic mass is 32.2. The maximum atomic E-state index is 13.1. The van der Waals surface area contributed by atoms with E-state index in [-0.39, 0.29) is 11.2 Å². The lowest BCUT2D eigenvalue weighted by molar-refractivity contribution is -0.134. The number of thioether (sulfide) groups is 1. The van der Waals surface area contributed by atoms with Gasteiger partial charge in [-0.05, 0) is 48.7 Å². The van der Waals surface area contributed by atoms with Crippen LogP contribution in [0.15, 0.2) is 53.7 Å². The summed E-state index contributed by atoms with van der Waals surface area (Å²) < 4.78 is 12.8. The number of rotatable bonds is 7. The fourth-order valence-corrected chi connectivity index (χ4v) is 4.86. The molecule has 0 radical (unpaired) electrons. The predicted octanol–water partition coefficient (Wildman–Crippen LogP) is 4.41. The van der Waals surface area contributed by atoms with Crippen LogP contribution in [0.2, 0.25) is 0 Å². The number of aromatic nitrogens is 3. The van der Waals surface area contributed by atoms with Crippen LogP contribution in [0.4, 0.5) is 0 Å². The van der Waals surface area contributed by atoms with Gasteiger partial charge in [-0.15, -0.1) is 10.2 Å². The largest absolute Gasteiger partial charge is 0.497 e. The van der Waals surface area contributed by atoms with Crippen molar-refractivity contribution in [2.75, 3.05) is 33.4 Å². The highest BCUT2D eigenvalue weighted by Gasteiger charge is 2.27. The molecule has 8 heteroatoms. The van der Waals surface area contributed by atoms with Crippen LogP contribution < -0.4 is 4.74 Å². The lowest BCUT2D eigenvalue weighted by Gasteiger charge is -2.29. The number of methoxy groups -OCH3 is 1. The molecule has 0 saturated carbocycles. The van der Waals surface area contributed by atoms with Crippen LogP contribution in [-0.4, -0.2) is 64.2 Å². The van der Waals surface area contributed by atoms with E-state index in [0.29, 0.717) is 37.4 Å². The third-order valence-electron chi connectivity index (χ3n) is 5.73. The van der Waals surface area contributed by atoms with E-state index in [9.17, 15) is 4.79 Å². The molecule has 2 aromatic carbocycles. The number of nitrogens with zero attached hydrogens (tertiary/aromatic N) is 4. The second-order valence-electron chi connectivity index (χ2n) is 8.28. The van der Waals surface area contributed by atoms with E-state index in [1.165, 1.54) is 17.3 Å². The molecule has 1 unspecified atom stereocenters. The van der Waals surface area contributed by atoms with Gasteiger partial charge in [-0.25, -0.2) is 0 Å². The standard InChI is InChI=1S/C25H30N4O3S/c1-17(2)21-7-5-6-8-22(21)29-23(19-9-11-20(31-4)12-10-19)26-27-25(29)33-18(3)24(30)28-13-15-32-16-14-28/h5-12,17-18H,13-16H2,1-4H3. The predicted molar refractivity (Wildman–Crippen MR) is 130 cm³/mol. The Morgan fingerprint density at radius 1 is 1.03 bits per heavy atom. The molecule has 0 N–H and O–H groups in total. The van der Waals surface area contributed by atoms with Crippen molar-refractivity contribution in [1.29, 1.82) is 0 Å². The molecule has 1 aliphatic rings. The summed E-state index contributed by atoms with van der Waals surface area (Å²) in [5, 5.41) is 9.49. The average molecular weight is 467 g/mol. The average Bonchev–Trinajstić information content (AvgIpc) is 3.27. The quantitative estimate of drug-likeness (QED) is 0.481. The Kier molecular flexibility index (Phi) is 7.35. The molecule has 1 fully saturated rings. The third-order valence-corrected chi connectivity index (χ3v) is 6.76. The summed E-state index contributed by atoms with van der Waals surface area (Å²) >= 11 is 1.44. The zero-order chi connectivity index (χ0) is 23.4. The molecule has 1 aliphatic heterocycles. The van der Waals surface area contributed by atoms with Gasteiger partial charge in [0.05, 0.1) is 31.3 Å². The number of hydrogen-bond acceptors (Lipinski definition) is 6. The fourth-order valence-electron chi connectivity index (χ4n) is 3.92. The van der Waals surface area contributed by atoms with Gasteiger partial charge >= 0.3 is 0 Å². The second-order valence-corrected chi connectivity index (χ2v) is 9.59. The SMILES string of the molecule is COc1ccc(-c2nnc(SC(C)C(=O)N3CCOCC3)n2-c2ccccc2C(C)C)cc1. The number of para-hydroxylation sites is 1. The van der Waals surface area contributed by atoms with Crippen LogP contribution in [0.3, 0.4) is 0 Å². The summed E-state index contributed by atoms with van der Waals surface area (Å²) in [7, 11) is 1.65. The summed E-state index contributed by atoms with van der Waals surface area (Å²) in [6.45, 7) is 8.71. The molecule has 1 aromatic heterocycles. The summed E-state index contributed by atoms with van der Waals surface area (Å²) in [6.07, 6.45) is 0. The smallest absolute Gasteiger partial charge is 0.236 e. The van der Waals surface area contributed by atoms with E-state index in [1.54, 1.807) is 7.11 Å². The Labute approximate surface area is 199 Å². The Morgan fingerprint density at radius 2 is 1.73 bits per heavy atom. The minimum atomic E-state index is -0.291. The first kappa shape index (κ1) is 23.3. The topological polar surface area (TPSA) is 69.5 Å². The van der Waals surface area contributed by atoms with Crippen molar-refractivity contribution in [3.63, 3.8) is 0 Å². The zero-order valence-electron chi connectivity index (χ0n) is 19.5. The van der Waals surface area contributed by atoms with Gasteiger partial charge in [0.15, 0.2) is 11.0 Å². The number of carbonyl (C=O) groups is 1. The van der Waals surface area contributed by atoms with Gasteiger partial charge in [0.2, 0.25) is 5.91 Å². The van der Waals surface area contributed by atoms with E-state index in [2.05, 4.69) is 40.7 Å². The first-order chi connectivity index (χ1) is 16.0. The number of hydrogen-bond donors (Lipinski definition) is 0. The molecule has 1 atom stereocenters. The molecule has 0 bridgehead atoms. The van der Waals surface area contributed by atoms with E-state index >= 15 is 0 Å². The Balaban J connectivity index is 1.74. The molecule has 174 valence electrons. The monoisotopic (exact) mass is 466 g/mol. The number of benzene rings is 2. The Hall–Kier alpha value is -2.84.